The molecule has 0 spiro atoms. The lowest BCUT2D eigenvalue weighted by molar-refractivity contribution is -0.133. The summed E-state index contributed by atoms with van der Waals surface area (Å²) in [5.41, 5.74) is 0. The number of amides is 2. The van der Waals surface area contributed by atoms with Gasteiger partial charge in [-0.3, -0.25) is 14.5 Å². The summed E-state index contributed by atoms with van der Waals surface area (Å²) in [6, 6.07) is 0.479. The number of nitrogens with zero attached hydrogens (tertiary/aromatic N) is 4. The van der Waals surface area contributed by atoms with Gasteiger partial charge in [-0.15, -0.1) is 0 Å². The fourth-order valence-electron chi connectivity index (χ4n) is 4.25. The summed E-state index contributed by atoms with van der Waals surface area (Å²) in [7, 11) is 1.64. The maximum Gasteiger partial charge on any atom is 0.224 e. The van der Waals surface area contributed by atoms with Crippen LogP contribution in [0.1, 0.15) is 32.1 Å². The van der Waals surface area contributed by atoms with Gasteiger partial charge in [0.2, 0.25) is 11.8 Å². The van der Waals surface area contributed by atoms with Crippen LogP contribution in [-0.4, -0.2) is 83.6 Å². The van der Waals surface area contributed by atoms with Crippen molar-refractivity contribution in [1.29, 1.82) is 0 Å². The minimum absolute atomic E-state index is 0.0699. The molecule has 2 aliphatic heterocycles. The molecule has 2 saturated heterocycles. The molecular formula is C20H33N5O3. The predicted octanol–water partition coefficient (Wildman–Crippen LogP) is 0.739. The van der Waals surface area contributed by atoms with Crippen LogP contribution >= 0.6 is 0 Å². The third-order valence-electron chi connectivity index (χ3n) is 5.91. The number of aryl methyl sites for hydroxylation is 1. The number of piperidine rings is 2. The predicted molar refractivity (Wildman–Crippen MR) is 106 cm³/mol. The second kappa shape index (κ2) is 10.6. The summed E-state index contributed by atoms with van der Waals surface area (Å²) >= 11 is 0. The monoisotopic (exact) mass is 391 g/mol. The molecule has 3 heterocycles. The van der Waals surface area contributed by atoms with Crippen molar-refractivity contribution in [2.45, 2.75) is 44.7 Å². The molecule has 0 aliphatic carbocycles. The molecule has 0 aromatic carbocycles. The fourth-order valence-corrected chi connectivity index (χ4v) is 4.25. The largest absolute Gasteiger partial charge is 0.383 e. The van der Waals surface area contributed by atoms with E-state index in [2.05, 4.69) is 15.2 Å². The number of methoxy groups -OCH3 is 1. The molecule has 0 radical (unpaired) electrons. The van der Waals surface area contributed by atoms with E-state index >= 15 is 0 Å². The minimum Gasteiger partial charge on any atom is -0.383 e. The summed E-state index contributed by atoms with van der Waals surface area (Å²) in [5, 5.41) is 2.97. The molecular weight excluding hydrogens is 358 g/mol. The second-order valence-electron chi connectivity index (χ2n) is 7.78. The lowest BCUT2D eigenvalue weighted by atomic mass is 9.93. The smallest absolute Gasteiger partial charge is 0.224 e. The van der Waals surface area contributed by atoms with Crippen molar-refractivity contribution in [2.24, 2.45) is 5.92 Å². The standard InChI is InChI=1S/C20H33N5O3/c1-28-14-8-22-20(27)17-3-2-9-25(15-17)18-4-11-24(12-5-18)19(26)6-10-23-13-7-21-16-23/h7,13,16-18H,2-6,8-12,14-15H2,1H3,(H,22,27)/t17-/m0/s1. The van der Waals surface area contributed by atoms with Crippen molar-refractivity contribution < 1.29 is 14.3 Å². The Hall–Kier alpha value is -1.93. The molecule has 1 aromatic rings. The van der Waals surface area contributed by atoms with Gasteiger partial charge >= 0.3 is 0 Å². The summed E-state index contributed by atoms with van der Waals surface area (Å²) < 4.78 is 6.94. The molecule has 0 bridgehead atoms. The summed E-state index contributed by atoms with van der Waals surface area (Å²) in [6.07, 6.45) is 9.90. The van der Waals surface area contributed by atoms with Crippen LogP contribution in [-0.2, 0) is 20.9 Å². The highest BCUT2D eigenvalue weighted by atomic mass is 16.5. The minimum atomic E-state index is 0.0699. The number of hydrogen-bond acceptors (Lipinski definition) is 5. The zero-order valence-corrected chi connectivity index (χ0v) is 16.9. The van der Waals surface area contributed by atoms with E-state index in [0.29, 0.717) is 32.2 Å². The molecule has 1 aromatic heterocycles. The van der Waals surface area contributed by atoms with Crippen molar-refractivity contribution in [2.75, 3.05) is 46.4 Å². The average molecular weight is 392 g/mol. The van der Waals surface area contributed by atoms with Crippen molar-refractivity contribution in [3.63, 3.8) is 0 Å². The highest BCUT2D eigenvalue weighted by Crippen LogP contribution is 2.24. The Morgan fingerprint density at radius 2 is 2.04 bits per heavy atom. The molecule has 1 atom stereocenters. The van der Waals surface area contributed by atoms with Gasteiger partial charge in [0, 0.05) is 64.7 Å². The molecule has 2 amide bonds. The number of carbonyl (C=O) groups excluding carboxylic acids is 2. The summed E-state index contributed by atoms with van der Waals surface area (Å²) in [4.78, 5) is 33.3. The van der Waals surface area contributed by atoms with Crippen LogP contribution in [0.2, 0.25) is 0 Å². The van der Waals surface area contributed by atoms with Crippen molar-refractivity contribution in [3.8, 4) is 0 Å². The van der Waals surface area contributed by atoms with Crippen LogP contribution in [0.3, 0.4) is 0 Å². The van der Waals surface area contributed by atoms with E-state index in [9.17, 15) is 9.59 Å². The van der Waals surface area contributed by atoms with Crippen molar-refractivity contribution >= 4 is 11.8 Å². The Morgan fingerprint density at radius 1 is 1.21 bits per heavy atom. The zero-order valence-electron chi connectivity index (χ0n) is 16.9. The Labute approximate surface area is 167 Å². The van der Waals surface area contributed by atoms with Gasteiger partial charge in [0.15, 0.2) is 0 Å². The molecule has 2 aliphatic rings. The fraction of sp³-hybridized carbons (Fsp3) is 0.750. The molecule has 156 valence electrons. The molecule has 3 rings (SSSR count). The lowest BCUT2D eigenvalue weighted by Gasteiger charge is -2.42. The van der Waals surface area contributed by atoms with Crippen molar-refractivity contribution in [1.82, 2.24) is 24.7 Å². The highest BCUT2D eigenvalue weighted by molar-refractivity contribution is 5.79. The molecule has 0 saturated carbocycles. The maximum atomic E-state index is 12.5. The van der Waals surface area contributed by atoms with Gasteiger partial charge in [-0.1, -0.05) is 0 Å². The van der Waals surface area contributed by atoms with Crippen LogP contribution in [0.15, 0.2) is 18.7 Å². The van der Waals surface area contributed by atoms with Gasteiger partial charge in [-0.05, 0) is 32.2 Å². The first-order chi connectivity index (χ1) is 13.7. The van der Waals surface area contributed by atoms with Crippen LogP contribution in [0.25, 0.3) is 0 Å². The third kappa shape index (κ3) is 5.78. The summed E-state index contributed by atoms with van der Waals surface area (Å²) in [5.74, 6) is 0.440. The van der Waals surface area contributed by atoms with E-state index in [-0.39, 0.29) is 17.7 Å². The van der Waals surface area contributed by atoms with Crippen LogP contribution in [0.5, 0.6) is 0 Å². The van der Waals surface area contributed by atoms with Crippen molar-refractivity contribution in [3.05, 3.63) is 18.7 Å². The van der Waals surface area contributed by atoms with E-state index in [4.69, 9.17) is 4.74 Å². The number of ether oxygens (including phenoxy) is 1. The van der Waals surface area contributed by atoms with Gasteiger partial charge in [0.1, 0.15) is 0 Å². The Bertz CT molecular complexity index is 613. The second-order valence-corrected chi connectivity index (χ2v) is 7.78. The van der Waals surface area contributed by atoms with Gasteiger partial charge < -0.3 is 19.5 Å². The molecule has 1 N–H and O–H groups in total. The normalized spacial score (nSPS) is 21.6. The average Bonchev–Trinajstić information content (AvgIpc) is 3.26. The molecule has 28 heavy (non-hydrogen) atoms. The SMILES string of the molecule is COCCNC(=O)[C@H]1CCCN(C2CCN(C(=O)CCn3ccnc3)CC2)C1. The zero-order chi connectivity index (χ0) is 19.8. The van der Waals surface area contributed by atoms with E-state index in [1.807, 2.05) is 15.7 Å². The first kappa shape index (κ1) is 20.8. The first-order valence-electron chi connectivity index (χ1n) is 10.4. The van der Waals surface area contributed by atoms with E-state index < -0.39 is 0 Å². The van der Waals surface area contributed by atoms with Gasteiger partial charge in [0.05, 0.1) is 18.9 Å². The first-order valence-corrected chi connectivity index (χ1v) is 10.4. The Morgan fingerprint density at radius 3 is 2.75 bits per heavy atom. The number of nitrogens with one attached hydrogen (secondary N) is 1. The molecule has 0 unspecified atom stereocenters. The topological polar surface area (TPSA) is 79.7 Å². The van der Waals surface area contributed by atoms with E-state index in [1.54, 1.807) is 19.6 Å². The number of rotatable bonds is 8. The highest BCUT2D eigenvalue weighted by Gasteiger charge is 2.32. The Kier molecular flexibility index (Phi) is 7.85. The van der Waals surface area contributed by atoms with Crippen LogP contribution in [0, 0.1) is 5.92 Å². The summed E-state index contributed by atoms with van der Waals surface area (Å²) in [6.45, 7) is 5.33. The number of imidazole rings is 1. The number of aromatic nitrogens is 2. The van der Waals surface area contributed by atoms with Gasteiger partial charge in [-0.2, -0.15) is 0 Å². The lowest BCUT2D eigenvalue weighted by Crippen LogP contribution is -2.51. The molecule has 2 fully saturated rings. The number of hydrogen-bond donors (Lipinski definition) is 1. The number of carbonyl (C=O) groups is 2. The maximum absolute atomic E-state index is 12.5. The third-order valence-corrected chi connectivity index (χ3v) is 5.91. The van der Waals surface area contributed by atoms with E-state index in [1.165, 1.54) is 0 Å². The van der Waals surface area contributed by atoms with Crippen LogP contribution < -0.4 is 5.32 Å². The molecule has 8 nitrogen and oxygen atoms in total. The van der Waals surface area contributed by atoms with Gasteiger partial charge in [0.25, 0.3) is 0 Å². The number of likely N-dealkylation sites (tertiary alicyclic amines) is 2. The Balaban J connectivity index is 1.40. The quantitative estimate of drug-likeness (QED) is 0.661. The molecule has 8 heteroatoms. The van der Waals surface area contributed by atoms with Crippen LogP contribution in [0.4, 0.5) is 0 Å². The van der Waals surface area contributed by atoms with Gasteiger partial charge in [-0.25, -0.2) is 4.98 Å². The van der Waals surface area contributed by atoms with E-state index in [0.717, 1.165) is 51.9 Å².